The maximum atomic E-state index is 13.7. The van der Waals surface area contributed by atoms with Crippen molar-refractivity contribution < 1.29 is 0 Å². The SMILES string of the molecule is O=c1n(-c2ccccc2)c(=O)n2n1C1(c3ccccc3)CCC2(c2ccccc2)C1. The Balaban J connectivity index is 1.72. The predicted molar refractivity (Wildman–Crippen MR) is 115 cm³/mol. The molecule has 0 amide bonds. The minimum atomic E-state index is -0.520. The van der Waals surface area contributed by atoms with Crippen molar-refractivity contribution in [3.05, 3.63) is 123 Å². The van der Waals surface area contributed by atoms with Crippen LogP contribution in [0.5, 0.6) is 0 Å². The highest BCUT2D eigenvalue weighted by Crippen LogP contribution is 2.57. The Morgan fingerprint density at radius 2 is 0.967 bits per heavy atom. The molecular formula is C25H21N3O2. The quantitative estimate of drug-likeness (QED) is 0.533. The minimum absolute atomic E-state index is 0.271. The first-order valence-corrected chi connectivity index (χ1v) is 10.3. The normalized spacial score (nSPS) is 24.1. The zero-order valence-electron chi connectivity index (χ0n) is 16.4. The Hall–Kier alpha value is -3.60. The highest BCUT2D eigenvalue weighted by Gasteiger charge is 2.62. The van der Waals surface area contributed by atoms with Gasteiger partial charge in [0.2, 0.25) is 0 Å². The minimum Gasteiger partial charge on any atom is -0.245 e. The second kappa shape index (κ2) is 5.95. The number of benzene rings is 3. The highest BCUT2D eigenvalue weighted by atomic mass is 16.2. The molecule has 6 rings (SSSR count). The summed E-state index contributed by atoms with van der Waals surface area (Å²) < 4.78 is 4.81. The molecule has 3 aromatic carbocycles. The number of hydrogen-bond donors (Lipinski definition) is 0. The lowest BCUT2D eigenvalue weighted by atomic mass is 9.84. The number of para-hydroxylation sites is 1. The third kappa shape index (κ3) is 2.02. The second-order valence-electron chi connectivity index (χ2n) is 8.33. The van der Waals surface area contributed by atoms with Crippen molar-refractivity contribution in [3.63, 3.8) is 0 Å². The smallest absolute Gasteiger partial charge is 0.245 e. The van der Waals surface area contributed by atoms with Crippen LogP contribution in [0.1, 0.15) is 30.4 Å². The van der Waals surface area contributed by atoms with Gasteiger partial charge in [0.15, 0.2) is 0 Å². The molecule has 1 aliphatic heterocycles. The summed E-state index contributed by atoms with van der Waals surface area (Å²) in [4.78, 5) is 27.5. The van der Waals surface area contributed by atoms with Crippen molar-refractivity contribution in [1.82, 2.24) is 13.9 Å². The van der Waals surface area contributed by atoms with E-state index in [4.69, 9.17) is 0 Å². The Labute approximate surface area is 173 Å². The van der Waals surface area contributed by atoms with Gasteiger partial charge in [-0.15, -0.1) is 0 Å². The zero-order valence-corrected chi connectivity index (χ0v) is 16.4. The van der Waals surface area contributed by atoms with E-state index in [1.807, 2.05) is 66.7 Å². The van der Waals surface area contributed by atoms with Crippen molar-refractivity contribution >= 4 is 0 Å². The van der Waals surface area contributed by atoms with Crippen LogP contribution in [0, 0.1) is 0 Å². The fourth-order valence-electron chi connectivity index (χ4n) is 5.66. The maximum absolute atomic E-state index is 13.7. The summed E-state index contributed by atoms with van der Waals surface area (Å²) in [5.41, 5.74) is 1.19. The first kappa shape index (κ1) is 17.3. The van der Waals surface area contributed by atoms with E-state index in [0.717, 1.165) is 24.0 Å². The summed E-state index contributed by atoms with van der Waals surface area (Å²) in [7, 11) is 0. The molecule has 2 atom stereocenters. The van der Waals surface area contributed by atoms with Crippen molar-refractivity contribution in [2.24, 2.45) is 0 Å². The molecule has 0 N–H and O–H groups in total. The van der Waals surface area contributed by atoms with E-state index in [1.165, 1.54) is 4.57 Å². The molecule has 2 heterocycles. The lowest BCUT2D eigenvalue weighted by Crippen LogP contribution is -2.44. The van der Waals surface area contributed by atoms with E-state index in [9.17, 15) is 9.59 Å². The molecule has 0 spiro atoms. The molecule has 4 aromatic rings. The van der Waals surface area contributed by atoms with E-state index >= 15 is 0 Å². The van der Waals surface area contributed by atoms with Crippen LogP contribution in [0.4, 0.5) is 0 Å². The number of nitrogens with zero attached hydrogens (tertiary/aromatic N) is 3. The van der Waals surface area contributed by atoms with Gasteiger partial charge in [0.05, 0.1) is 16.8 Å². The average Bonchev–Trinajstić information content (AvgIpc) is 3.44. The van der Waals surface area contributed by atoms with Gasteiger partial charge in [0.25, 0.3) is 0 Å². The van der Waals surface area contributed by atoms with Gasteiger partial charge >= 0.3 is 11.4 Å². The molecule has 2 unspecified atom stereocenters. The summed E-state index contributed by atoms with van der Waals surface area (Å²) in [5.74, 6) is 0. The monoisotopic (exact) mass is 395 g/mol. The molecule has 1 aromatic heterocycles. The molecule has 0 radical (unpaired) electrons. The summed E-state index contributed by atoms with van der Waals surface area (Å²) >= 11 is 0. The number of fused-ring (bicyclic) bond motifs is 5. The summed E-state index contributed by atoms with van der Waals surface area (Å²) in [6.07, 6.45) is 2.36. The first-order chi connectivity index (χ1) is 14.7. The van der Waals surface area contributed by atoms with Crippen LogP contribution >= 0.6 is 0 Å². The van der Waals surface area contributed by atoms with Gasteiger partial charge in [0, 0.05) is 6.42 Å². The lowest BCUT2D eigenvalue weighted by Gasteiger charge is -2.31. The van der Waals surface area contributed by atoms with Crippen LogP contribution in [0.3, 0.4) is 0 Å². The van der Waals surface area contributed by atoms with E-state index in [-0.39, 0.29) is 11.4 Å². The number of aromatic nitrogens is 3. The van der Waals surface area contributed by atoms with Crippen LogP contribution in [-0.4, -0.2) is 13.9 Å². The van der Waals surface area contributed by atoms with Crippen LogP contribution in [0.25, 0.3) is 5.69 Å². The summed E-state index contributed by atoms with van der Waals surface area (Å²) in [6, 6.07) is 29.5. The third-order valence-electron chi connectivity index (χ3n) is 6.93. The van der Waals surface area contributed by atoms with Crippen molar-refractivity contribution in [1.29, 1.82) is 0 Å². The van der Waals surface area contributed by atoms with E-state index < -0.39 is 11.1 Å². The van der Waals surface area contributed by atoms with Gasteiger partial charge in [-0.05, 0) is 36.1 Å². The third-order valence-corrected chi connectivity index (χ3v) is 6.93. The molecule has 2 bridgehead atoms. The largest absolute Gasteiger partial charge is 0.352 e. The van der Waals surface area contributed by atoms with Gasteiger partial charge in [0.1, 0.15) is 0 Å². The molecular weight excluding hydrogens is 374 g/mol. The Morgan fingerprint density at radius 1 is 0.567 bits per heavy atom. The zero-order chi connectivity index (χ0) is 20.3. The molecule has 1 saturated carbocycles. The fraction of sp³-hybridized carbons (Fsp3) is 0.200. The predicted octanol–water partition coefficient (Wildman–Crippen LogP) is 3.49. The topological polar surface area (TPSA) is 48.9 Å². The van der Waals surface area contributed by atoms with E-state index in [2.05, 4.69) is 24.3 Å². The molecule has 5 heteroatoms. The first-order valence-electron chi connectivity index (χ1n) is 10.3. The molecule has 148 valence electrons. The highest BCUT2D eigenvalue weighted by molar-refractivity contribution is 5.39. The molecule has 0 saturated heterocycles. The molecule has 2 aliphatic rings. The van der Waals surface area contributed by atoms with Crippen LogP contribution < -0.4 is 11.4 Å². The molecule has 5 nitrogen and oxygen atoms in total. The van der Waals surface area contributed by atoms with Crippen LogP contribution in [0.2, 0.25) is 0 Å². The number of hydrogen-bond acceptors (Lipinski definition) is 2. The second-order valence-corrected chi connectivity index (χ2v) is 8.33. The van der Waals surface area contributed by atoms with Crippen molar-refractivity contribution in [2.45, 2.75) is 30.3 Å². The van der Waals surface area contributed by atoms with Gasteiger partial charge in [-0.2, -0.15) is 0 Å². The van der Waals surface area contributed by atoms with Crippen molar-refractivity contribution in [2.75, 3.05) is 0 Å². The Bertz CT molecular complexity index is 1270. The Kier molecular flexibility index (Phi) is 3.43. The van der Waals surface area contributed by atoms with Gasteiger partial charge in [-0.1, -0.05) is 78.9 Å². The Morgan fingerprint density at radius 3 is 1.40 bits per heavy atom. The molecule has 1 aliphatic carbocycles. The molecule has 30 heavy (non-hydrogen) atoms. The van der Waals surface area contributed by atoms with Gasteiger partial charge in [-0.25, -0.2) is 23.5 Å². The van der Waals surface area contributed by atoms with Crippen LogP contribution in [-0.2, 0) is 11.1 Å². The summed E-state index contributed by atoms with van der Waals surface area (Å²) in [5, 5.41) is 0. The summed E-state index contributed by atoms with van der Waals surface area (Å²) in [6.45, 7) is 0. The van der Waals surface area contributed by atoms with Crippen molar-refractivity contribution in [3.8, 4) is 5.69 Å². The van der Waals surface area contributed by atoms with Crippen LogP contribution in [0.15, 0.2) is 101 Å². The standard InChI is InChI=1S/C25H21N3O2/c29-22-26(21-14-8-3-9-15-21)23(30)28-25(20-12-6-2-7-13-20)17-16-24(18-25,27(22)28)19-10-4-1-5-11-19/h1-15H,16-18H2. The van der Waals surface area contributed by atoms with E-state index in [0.29, 0.717) is 12.1 Å². The number of rotatable bonds is 3. The van der Waals surface area contributed by atoms with Gasteiger partial charge < -0.3 is 0 Å². The molecule has 1 fully saturated rings. The fourth-order valence-corrected chi connectivity index (χ4v) is 5.66. The van der Waals surface area contributed by atoms with Gasteiger partial charge in [-0.3, -0.25) is 0 Å². The lowest BCUT2D eigenvalue weighted by molar-refractivity contribution is 0.266. The van der Waals surface area contributed by atoms with E-state index in [1.54, 1.807) is 9.36 Å². The average molecular weight is 395 g/mol. The maximum Gasteiger partial charge on any atom is 0.352 e.